The normalized spacial score (nSPS) is 10.7. The zero-order chi connectivity index (χ0) is 23.0. The smallest absolute Gasteiger partial charge is 0.251 e. The van der Waals surface area contributed by atoms with Gasteiger partial charge in [-0.1, -0.05) is 29.8 Å². The third-order valence-electron chi connectivity index (χ3n) is 4.44. The molecule has 2 heterocycles. The number of aliphatic hydroxyl groups is 1. The molecule has 0 saturated heterocycles. The lowest BCUT2D eigenvalue weighted by atomic mass is 10.0. The average molecular weight is 417 g/mol. The molecule has 2 aromatic heterocycles. The first kappa shape index (κ1) is 23.1. The molecule has 0 spiro atoms. The van der Waals surface area contributed by atoms with Crippen LogP contribution in [0.25, 0.3) is 33.1 Å². The number of nitrogen functional groups attached to an aromatic ring is 1. The Kier molecular flexibility index (Phi) is 7.84. The van der Waals surface area contributed by atoms with Gasteiger partial charge in [-0.05, 0) is 25.0 Å². The number of rotatable bonds is 6. The van der Waals surface area contributed by atoms with Crippen LogP contribution in [0.3, 0.4) is 0 Å². The van der Waals surface area contributed by atoms with Crippen molar-refractivity contribution in [2.24, 2.45) is 5.73 Å². The van der Waals surface area contributed by atoms with Crippen LogP contribution in [0.15, 0.2) is 36.3 Å². The molecule has 9 nitrogen and oxygen atoms in total. The van der Waals surface area contributed by atoms with Gasteiger partial charge in [0.25, 0.3) is 5.70 Å². The zero-order valence-electron chi connectivity index (χ0n) is 17.3. The van der Waals surface area contributed by atoms with E-state index in [0.717, 1.165) is 11.1 Å². The average Bonchev–Trinajstić information content (AvgIpc) is 3.05. The molecule has 1 amide bonds. The van der Waals surface area contributed by atoms with Crippen LogP contribution >= 0.6 is 0 Å². The number of amides is 1. The summed E-state index contributed by atoms with van der Waals surface area (Å²) in [6, 6.07) is 9.55. The molecule has 0 saturated carbocycles. The molecule has 5 N–H and O–H groups in total. The maximum atomic E-state index is 11.7. The number of nitrogens with two attached hydrogens (primary N) is 2. The van der Waals surface area contributed by atoms with Gasteiger partial charge in [-0.25, -0.2) is 14.8 Å². The molecule has 0 radical (unpaired) electrons. The molecular formula is C22H23N7O2. The summed E-state index contributed by atoms with van der Waals surface area (Å²) in [6.45, 7) is 11.1. The van der Waals surface area contributed by atoms with Gasteiger partial charge in [-0.15, -0.1) is 0 Å². The van der Waals surface area contributed by atoms with Crippen LogP contribution in [0, 0.1) is 24.8 Å². The second kappa shape index (κ2) is 10.5. The number of aliphatic hydroxyl groups excluding tert-OH is 1. The van der Waals surface area contributed by atoms with E-state index in [1.165, 1.54) is 19.3 Å². The van der Waals surface area contributed by atoms with Gasteiger partial charge in [0.1, 0.15) is 17.8 Å². The fraction of sp³-hybridized carbons (Fsp3) is 0.227. The number of carbonyl (C=O) groups excluding carboxylic acids is 1. The van der Waals surface area contributed by atoms with Crippen LogP contribution in [0.1, 0.15) is 24.6 Å². The van der Waals surface area contributed by atoms with Crippen molar-refractivity contribution in [3.8, 4) is 17.2 Å². The fourth-order valence-electron chi connectivity index (χ4n) is 3.12. The lowest BCUT2D eigenvalue weighted by molar-refractivity contribution is -0.114. The van der Waals surface area contributed by atoms with Crippen molar-refractivity contribution in [3.05, 3.63) is 59.0 Å². The predicted octanol–water partition coefficient (Wildman–Crippen LogP) is 2.65. The Labute approximate surface area is 180 Å². The van der Waals surface area contributed by atoms with E-state index in [1.807, 2.05) is 35.8 Å². The number of aryl methyl sites for hydroxylation is 2. The van der Waals surface area contributed by atoms with Crippen molar-refractivity contribution in [1.82, 2.24) is 14.5 Å². The number of hydrogen-bond acceptors (Lipinski definition) is 6. The molecular weight excluding hydrogens is 394 g/mol. The highest BCUT2D eigenvalue weighted by Gasteiger charge is 2.22. The highest BCUT2D eigenvalue weighted by Crippen LogP contribution is 2.38. The number of hydrogen-bond donors (Lipinski definition) is 3. The molecule has 0 aliphatic heterocycles. The summed E-state index contributed by atoms with van der Waals surface area (Å²) in [4.78, 5) is 23.4. The Balaban J connectivity index is 0.00000107. The minimum Gasteiger partial charge on any atom is -0.396 e. The lowest BCUT2D eigenvalue weighted by Crippen LogP contribution is -2.12. The summed E-state index contributed by atoms with van der Waals surface area (Å²) in [6.07, 6.45) is 3.28. The Hall–Kier alpha value is -4.21. The SMILES string of the molecule is CC#N.[C-]#[N+]/C(=C\c1c(-c2ccc(C)cc2)c2c(N)ncnc2n1CCCO)C(N)=O. The van der Waals surface area contributed by atoms with E-state index in [4.69, 9.17) is 23.3 Å². The van der Waals surface area contributed by atoms with Gasteiger partial charge in [-0.3, -0.25) is 4.79 Å². The first-order valence-corrected chi connectivity index (χ1v) is 9.39. The van der Waals surface area contributed by atoms with E-state index in [0.29, 0.717) is 41.1 Å². The second-order valence-electron chi connectivity index (χ2n) is 6.54. The summed E-state index contributed by atoms with van der Waals surface area (Å²) < 4.78 is 1.83. The lowest BCUT2D eigenvalue weighted by Gasteiger charge is -2.09. The van der Waals surface area contributed by atoms with Gasteiger partial charge < -0.3 is 21.1 Å². The van der Waals surface area contributed by atoms with Crippen LogP contribution in [0.2, 0.25) is 0 Å². The van der Waals surface area contributed by atoms with Crippen molar-refractivity contribution in [2.75, 3.05) is 12.3 Å². The molecule has 9 heteroatoms. The van der Waals surface area contributed by atoms with E-state index >= 15 is 0 Å². The Morgan fingerprint density at radius 1 is 1.35 bits per heavy atom. The summed E-state index contributed by atoms with van der Waals surface area (Å²) >= 11 is 0. The maximum absolute atomic E-state index is 11.7. The minimum absolute atomic E-state index is 0.0191. The third-order valence-corrected chi connectivity index (χ3v) is 4.44. The Morgan fingerprint density at radius 2 is 2.00 bits per heavy atom. The highest BCUT2D eigenvalue weighted by molar-refractivity contribution is 6.07. The molecule has 0 unspecified atom stereocenters. The molecule has 0 bridgehead atoms. The van der Waals surface area contributed by atoms with E-state index in [-0.39, 0.29) is 12.3 Å². The van der Waals surface area contributed by atoms with Crippen LogP contribution in [-0.4, -0.2) is 32.2 Å². The topological polar surface area (TPSA) is 148 Å². The third kappa shape index (κ3) is 5.04. The first-order chi connectivity index (χ1) is 14.9. The van der Waals surface area contributed by atoms with Gasteiger partial charge in [0.05, 0.1) is 18.0 Å². The summed E-state index contributed by atoms with van der Waals surface area (Å²) in [5.74, 6) is -0.524. The van der Waals surface area contributed by atoms with E-state index in [2.05, 4.69) is 14.8 Å². The van der Waals surface area contributed by atoms with Crippen molar-refractivity contribution in [2.45, 2.75) is 26.8 Å². The van der Waals surface area contributed by atoms with Crippen molar-refractivity contribution >= 4 is 28.8 Å². The quantitative estimate of drug-likeness (QED) is 0.415. The zero-order valence-corrected chi connectivity index (χ0v) is 17.3. The van der Waals surface area contributed by atoms with Gasteiger partial charge in [0.2, 0.25) is 5.91 Å². The molecule has 1 aromatic carbocycles. The molecule has 0 fully saturated rings. The van der Waals surface area contributed by atoms with Crippen LogP contribution in [0.5, 0.6) is 0 Å². The molecule has 31 heavy (non-hydrogen) atoms. The van der Waals surface area contributed by atoms with Crippen molar-refractivity contribution < 1.29 is 9.90 Å². The molecule has 3 aromatic rings. The highest BCUT2D eigenvalue weighted by atomic mass is 16.3. The number of benzene rings is 1. The Morgan fingerprint density at radius 3 is 2.55 bits per heavy atom. The maximum Gasteiger partial charge on any atom is 0.251 e. The minimum atomic E-state index is -0.817. The number of carbonyl (C=O) groups is 1. The predicted molar refractivity (Wildman–Crippen MR) is 119 cm³/mol. The van der Waals surface area contributed by atoms with Gasteiger partial charge >= 0.3 is 0 Å². The van der Waals surface area contributed by atoms with Gasteiger partial charge in [0, 0.05) is 31.3 Å². The molecule has 158 valence electrons. The van der Waals surface area contributed by atoms with E-state index in [9.17, 15) is 9.90 Å². The molecule has 3 rings (SSSR count). The number of nitrogens with zero attached hydrogens (tertiary/aromatic N) is 5. The second-order valence-corrected chi connectivity index (χ2v) is 6.54. The molecule has 0 aliphatic rings. The van der Waals surface area contributed by atoms with Crippen LogP contribution in [0.4, 0.5) is 5.82 Å². The van der Waals surface area contributed by atoms with Gasteiger partial charge in [0.15, 0.2) is 0 Å². The standard InChI is InChI=1S/C20H20N6O2.C2H3N/c1-12-4-6-13(7-5-12)16-15(10-14(23-2)19(22)28)26(8-3-9-27)20-17(16)18(21)24-11-25-20;1-2-3/h4-7,10-11,27H,3,8-9H2,1H3,(H2,22,28)(H2,21,24,25);1H3/b14-10-;. The van der Waals surface area contributed by atoms with Crippen molar-refractivity contribution in [1.29, 1.82) is 5.26 Å². The van der Waals surface area contributed by atoms with E-state index < -0.39 is 5.91 Å². The summed E-state index contributed by atoms with van der Waals surface area (Å²) in [7, 11) is 0. The number of nitriles is 1. The summed E-state index contributed by atoms with van der Waals surface area (Å²) in [5, 5.41) is 17.3. The van der Waals surface area contributed by atoms with Crippen molar-refractivity contribution in [3.63, 3.8) is 0 Å². The van der Waals surface area contributed by atoms with Gasteiger partial charge in [-0.2, -0.15) is 5.26 Å². The first-order valence-electron chi connectivity index (χ1n) is 9.39. The number of aromatic nitrogens is 3. The number of primary amides is 1. The molecule has 0 aliphatic carbocycles. The Bertz CT molecular complexity index is 1200. The number of anilines is 1. The van der Waals surface area contributed by atoms with E-state index in [1.54, 1.807) is 6.07 Å². The van der Waals surface area contributed by atoms with Crippen LogP contribution in [-0.2, 0) is 11.3 Å². The monoisotopic (exact) mass is 417 g/mol. The fourth-order valence-corrected chi connectivity index (χ4v) is 3.12. The molecule has 0 atom stereocenters. The number of fused-ring (bicyclic) bond motifs is 1. The largest absolute Gasteiger partial charge is 0.396 e. The van der Waals surface area contributed by atoms with Crippen LogP contribution < -0.4 is 11.5 Å². The summed E-state index contributed by atoms with van der Waals surface area (Å²) in [5.41, 5.74) is 15.1.